The summed E-state index contributed by atoms with van der Waals surface area (Å²) in [5, 5.41) is 4.11. The van der Waals surface area contributed by atoms with Crippen LogP contribution < -0.4 is 0 Å². The van der Waals surface area contributed by atoms with Gasteiger partial charge in [-0.1, -0.05) is 35.5 Å². The minimum Gasteiger partial charge on any atom is -0.375 e. The number of rotatable bonds is 7. The first-order chi connectivity index (χ1) is 14.0. The fourth-order valence-electron chi connectivity index (χ4n) is 5.16. The van der Waals surface area contributed by atoms with Crippen LogP contribution >= 0.6 is 0 Å². The van der Waals surface area contributed by atoms with E-state index in [1.54, 1.807) is 7.11 Å². The molecule has 0 spiro atoms. The van der Waals surface area contributed by atoms with Crippen molar-refractivity contribution in [3.8, 4) is 0 Å². The SMILES string of the molecule is COCC(=O)N1CC2CN(Cc3c(C)noc3C)CC2(CCc2ccccc2)C1. The summed E-state index contributed by atoms with van der Waals surface area (Å²) in [5.74, 6) is 1.51. The Kier molecular flexibility index (Phi) is 5.74. The molecule has 1 aromatic heterocycles. The molecule has 2 unspecified atom stereocenters. The van der Waals surface area contributed by atoms with Crippen LogP contribution in [-0.4, -0.2) is 60.8 Å². The van der Waals surface area contributed by atoms with E-state index in [0.717, 1.165) is 57.0 Å². The molecule has 0 N–H and O–H groups in total. The van der Waals surface area contributed by atoms with Gasteiger partial charge in [0.25, 0.3) is 0 Å². The number of amides is 1. The number of nitrogens with zero attached hydrogens (tertiary/aromatic N) is 3. The Bertz CT molecular complexity index is 831. The first kappa shape index (κ1) is 20.1. The molecule has 1 amide bonds. The molecule has 29 heavy (non-hydrogen) atoms. The highest BCUT2D eigenvalue weighted by molar-refractivity contribution is 5.78. The second-order valence-electron chi connectivity index (χ2n) is 8.72. The third-order valence-corrected chi connectivity index (χ3v) is 6.77. The monoisotopic (exact) mass is 397 g/mol. The van der Waals surface area contributed by atoms with Crippen LogP contribution in [0.4, 0.5) is 0 Å². The number of fused-ring (bicyclic) bond motifs is 1. The van der Waals surface area contributed by atoms with Gasteiger partial charge in [0.15, 0.2) is 0 Å². The zero-order valence-electron chi connectivity index (χ0n) is 17.7. The molecule has 2 aromatic rings. The summed E-state index contributed by atoms with van der Waals surface area (Å²) in [4.78, 5) is 17.0. The topological polar surface area (TPSA) is 58.8 Å². The number of likely N-dealkylation sites (tertiary alicyclic amines) is 2. The van der Waals surface area contributed by atoms with Crippen molar-refractivity contribution in [3.05, 3.63) is 52.9 Å². The summed E-state index contributed by atoms with van der Waals surface area (Å²) in [6.07, 6.45) is 2.14. The number of carbonyl (C=O) groups is 1. The summed E-state index contributed by atoms with van der Waals surface area (Å²) in [7, 11) is 1.59. The first-order valence-corrected chi connectivity index (χ1v) is 10.5. The minimum absolute atomic E-state index is 0.109. The Labute approximate surface area is 172 Å². The highest BCUT2D eigenvalue weighted by atomic mass is 16.5. The molecule has 3 heterocycles. The molecule has 2 aliphatic rings. The normalized spacial score (nSPS) is 24.2. The number of methoxy groups -OCH3 is 1. The first-order valence-electron chi connectivity index (χ1n) is 10.5. The van der Waals surface area contributed by atoms with E-state index in [2.05, 4.69) is 40.4 Å². The Balaban J connectivity index is 1.50. The second-order valence-corrected chi connectivity index (χ2v) is 8.72. The maximum Gasteiger partial charge on any atom is 0.248 e. The van der Waals surface area contributed by atoms with Crippen molar-refractivity contribution >= 4 is 5.91 Å². The Morgan fingerprint density at radius 1 is 1.24 bits per heavy atom. The lowest BCUT2D eigenvalue weighted by Gasteiger charge is -2.29. The molecule has 2 atom stereocenters. The highest BCUT2D eigenvalue weighted by Crippen LogP contribution is 2.46. The zero-order valence-corrected chi connectivity index (χ0v) is 17.7. The molecule has 0 bridgehead atoms. The van der Waals surface area contributed by atoms with Crippen molar-refractivity contribution in [3.63, 3.8) is 0 Å². The summed E-state index contributed by atoms with van der Waals surface area (Å²) in [6.45, 7) is 8.71. The van der Waals surface area contributed by atoms with Crippen LogP contribution in [0.25, 0.3) is 0 Å². The Morgan fingerprint density at radius 3 is 2.72 bits per heavy atom. The van der Waals surface area contributed by atoms with E-state index in [1.807, 2.05) is 18.7 Å². The maximum atomic E-state index is 12.5. The van der Waals surface area contributed by atoms with Gasteiger partial charge in [-0.2, -0.15) is 0 Å². The largest absolute Gasteiger partial charge is 0.375 e. The van der Waals surface area contributed by atoms with E-state index >= 15 is 0 Å². The van der Waals surface area contributed by atoms with E-state index < -0.39 is 0 Å². The van der Waals surface area contributed by atoms with Gasteiger partial charge in [-0.3, -0.25) is 9.69 Å². The van der Waals surface area contributed by atoms with E-state index in [1.165, 1.54) is 11.1 Å². The van der Waals surface area contributed by atoms with Gasteiger partial charge in [-0.15, -0.1) is 0 Å². The standard InChI is InChI=1S/C23H31N3O3/c1-17-21(18(2)29-24-17)13-25-11-20-12-26(22(27)14-28-3)16-23(20,15-25)10-9-19-7-5-4-6-8-19/h4-8,20H,9-16H2,1-3H3. The Hall–Kier alpha value is -2.18. The van der Waals surface area contributed by atoms with Crippen molar-refractivity contribution < 1.29 is 14.1 Å². The molecule has 6 heteroatoms. The van der Waals surface area contributed by atoms with Crippen molar-refractivity contribution in [1.82, 2.24) is 15.0 Å². The van der Waals surface area contributed by atoms with Crippen molar-refractivity contribution in [2.24, 2.45) is 11.3 Å². The number of carbonyl (C=O) groups excluding carboxylic acids is 1. The molecule has 0 aliphatic carbocycles. The van der Waals surface area contributed by atoms with Gasteiger partial charge in [-0.25, -0.2) is 0 Å². The Morgan fingerprint density at radius 2 is 2.03 bits per heavy atom. The van der Waals surface area contributed by atoms with Gasteiger partial charge in [0.05, 0.1) is 5.69 Å². The molecule has 2 aliphatic heterocycles. The molecule has 1 aromatic carbocycles. The quantitative estimate of drug-likeness (QED) is 0.719. The van der Waals surface area contributed by atoms with Crippen molar-refractivity contribution in [2.45, 2.75) is 33.2 Å². The molecular formula is C23H31N3O3. The average molecular weight is 398 g/mol. The van der Waals surface area contributed by atoms with Crippen LogP contribution in [0.2, 0.25) is 0 Å². The summed E-state index contributed by atoms with van der Waals surface area (Å²) < 4.78 is 10.5. The van der Waals surface area contributed by atoms with Crippen LogP contribution in [0.1, 0.15) is 29.0 Å². The zero-order chi connectivity index (χ0) is 20.4. The minimum atomic E-state index is 0.109. The summed E-state index contributed by atoms with van der Waals surface area (Å²) in [6, 6.07) is 10.7. The van der Waals surface area contributed by atoms with Gasteiger partial charge in [0.1, 0.15) is 12.4 Å². The van der Waals surface area contributed by atoms with Crippen molar-refractivity contribution in [2.75, 3.05) is 39.9 Å². The fraction of sp³-hybridized carbons (Fsp3) is 0.565. The fourth-order valence-corrected chi connectivity index (χ4v) is 5.16. The number of benzene rings is 1. The molecule has 156 valence electrons. The van der Waals surface area contributed by atoms with E-state index in [9.17, 15) is 4.79 Å². The lowest BCUT2D eigenvalue weighted by molar-refractivity contribution is -0.134. The van der Waals surface area contributed by atoms with Gasteiger partial charge < -0.3 is 14.2 Å². The maximum absolute atomic E-state index is 12.5. The van der Waals surface area contributed by atoms with Crippen LogP contribution in [-0.2, 0) is 22.5 Å². The number of aryl methyl sites for hydroxylation is 3. The van der Waals surface area contributed by atoms with Gasteiger partial charge in [-0.05, 0) is 38.2 Å². The summed E-state index contributed by atoms with van der Waals surface area (Å²) >= 11 is 0. The molecular weight excluding hydrogens is 366 g/mol. The summed E-state index contributed by atoms with van der Waals surface area (Å²) in [5.41, 5.74) is 3.69. The highest BCUT2D eigenvalue weighted by Gasteiger charge is 2.52. The third kappa shape index (κ3) is 4.09. The molecule has 4 rings (SSSR count). The van der Waals surface area contributed by atoms with E-state index in [4.69, 9.17) is 9.26 Å². The number of hydrogen-bond donors (Lipinski definition) is 0. The number of aromatic nitrogens is 1. The van der Waals surface area contributed by atoms with Gasteiger partial charge in [0, 0.05) is 50.8 Å². The second kappa shape index (κ2) is 8.28. The predicted molar refractivity (Wildman–Crippen MR) is 110 cm³/mol. The smallest absolute Gasteiger partial charge is 0.248 e. The molecule has 2 saturated heterocycles. The van der Waals surface area contributed by atoms with E-state index in [0.29, 0.717) is 5.92 Å². The van der Waals surface area contributed by atoms with Crippen LogP contribution in [0, 0.1) is 25.2 Å². The van der Waals surface area contributed by atoms with Crippen molar-refractivity contribution in [1.29, 1.82) is 0 Å². The van der Waals surface area contributed by atoms with Crippen LogP contribution in [0.5, 0.6) is 0 Å². The van der Waals surface area contributed by atoms with E-state index in [-0.39, 0.29) is 17.9 Å². The molecule has 0 saturated carbocycles. The molecule has 0 radical (unpaired) electrons. The lowest BCUT2D eigenvalue weighted by Crippen LogP contribution is -2.38. The van der Waals surface area contributed by atoms with Crippen LogP contribution in [0.15, 0.2) is 34.9 Å². The third-order valence-electron chi connectivity index (χ3n) is 6.77. The van der Waals surface area contributed by atoms with Crippen LogP contribution in [0.3, 0.4) is 0 Å². The van der Waals surface area contributed by atoms with Gasteiger partial charge >= 0.3 is 0 Å². The number of ether oxygens (including phenoxy) is 1. The van der Waals surface area contributed by atoms with Gasteiger partial charge in [0.2, 0.25) is 5.91 Å². The number of hydrogen-bond acceptors (Lipinski definition) is 5. The molecule has 2 fully saturated rings. The predicted octanol–water partition coefficient (Wildman–Crippen LogP) is 2.83. The lowest BCUT2D eigenvalue weighted by atomic mass is 9.76. The average Bonchev–Trinajstić information content (AvgIpc) is 3.33. The molecule has 6 nitrogen and oxygen atoms in total.